The molecule has 0 N–H and O–H groups in total. The summed E-state index contributed by atoms with van der Waals surface area (Å²) in [6.45, 7) is 2.26. The third-order valence-electron chi connectivity index (χ3n) is 3.11. The minimum absolute atomic E-state index is 0.675. The van der Waals surface area contributed by atoms with Gasteiger partial charge in [0.15, 0.2) is 0 Å². The zero-order valence-electron chi connectivity index (χ0n) is 7.96. The van der Waals surface area contributed by atoms with Crippen LogP contribution in [0, 0.1) is 5.92 Å². The highest BCUT2D eigenvalue weighted by atomic mass is 15.1. The first kappa shape index (κ1) is 7.90. The maximum atomic E-state index is 2.37. The molecule has 1 heteroatoms. The van der Waals surface area contributed by atoms with Crippen molar-refractivity contribution in [1.82, 2.24) is 4.90 Å². The van der Waals surface area contributed by atoms with Crippen LogP contribution in [0.5, 0.6) is 0 Å². The van der Waals surface area contributed by atoms with Gasteiger partial charge in [0.25, 0.3) is 0 Å². The minimum Gasteiger partial charge on any atom is -0.373 e. The van der Waals surface area contributed by atoms with Crippen molar-refractivity contribution in [3.8, 4) is 0 Å². The molecule has 2 aliphatic rings. The molecule has 0 aromatic carbocycles. The molecule has 0 radical (unpaired) electrons. The lowest BCUT2D eigenvalue weighted by atomic mass is 9.85. The van der Waals surface area contributed by atoms with Gasteiger partial charge in [0.05, 0.1) is 6.04 Å². The van der Waals surface area contributed by atoms with Gasteiger partial charge in [-0.25, -0.2) is 0 Å². The molecular formula is C11H17N. The molecule has 12 heavy (non-hydrogen) atoms. The minimum atomic E-state index is 0.675. The maximum Gasteiger partial charge on any atom is 0.0530 e. The Morgan fingerprint density at radius 2 is 2.42 bits per heavy atom. The summed E-state index contributed by atoms with van der Waals surface area (Å²) in [6, 6.07) is 0.675. The van der Waals surface area contributed by atoms with Crippen LogP contribution in [0.25, 0.3) is 0 Å². The maximum absolute atomic E-state index is 2.37. The zero-order chi connectivity index (χ0) is 8.55. The summed E-state index contributed by atoms with van der Waals surface area (Å²) in [4.78, 5) is 2.36. The molecule has 0 amide bonds. The average Bonchev–Trinajstić information content (AvgIpc) is 2.44. The van der Waals surface area contributed by atoms with Crippen LogP contribution >= 0.6 is 0 Å². The number of nitrogens with zero attached hydrogens (tertiary/aromatic N) is 1. The van der Waals surface area contributed by atoms with Gasteiger partial charge >= 0.3 is 0 Å². The number of allylic oxidation sites excluding steroid dienone is 1. The first-order chi connectivity index (χ1) is 5.83. The molecule has 0 aromatic rings. The van der Waals surface area contributed by atoms with Crippen LogP contribution in [0.1, 0.15) is 26.2 Å². The lowest BCUT2D eigenvalue weighted by Crippen LogP contribution is -2.29. The van der Waals surface area contributed by atoms with Crippen LogP contribution in [-0.2, 0) is 0 Å². The van der Waals surface area contributed by atoms with Crippen molar-refractivity contribution in [2.24, 2.45) is 5.92 Å². The third-order valence-corrected chi connectivity index (χ3v) is 3.11. The summed E-state index contributed by atoms with van der Waals surface area (Å²) in [6.07, 6.45) is 10.9. The van der Waals surface area contributed by atoms with Crippen molar-refractivity contribution in [3.05, 3.63) is 23.9 Å². The molecule has 1 heterocycles. The second kappa shape index (κ2) is 2.96. The summed E-state index contributed by atoms with van der Waals surface area (Å²) in [5, 5.41) is 0. The van der Waals surface area contributed by atoms with Gasteiger partial charge in [-0.3, -0.25) is 0 Å². The number of hydrogen-bond donors (Lipinski definition) is 0. The Morgan fingerprint density at radius 1 is 1.58 bits per heavy atom. The van der Waals surface area contributed by atoms with Crippen molar-refractivity contribution in [3.63, 3.8) is 0 Å². The van der Waals surface area contributed by atoms with Crippen LogP contribution in [0.3, 0.4) is 0 Å². The molecule has 2 rings (SSSR count). The summed E-state index contributed by atoms with van der Waals surface area (Å²) in [5.74, 6) is 0.824. The second-order valence-electron chi connectivity index (χ2n) is 3.83. The van der Waals surface area contributed by atoms with Gasteiger partial charge in [0.2, 0.25) is 0 Å². The van der Waals surface area contributed by atoms with E-state index in [-0.39, 0.29) is 0 Å². The van der Waals surface area contributed by atoms with Crippen molar-refractivity contribution in [1.29, 1.82) is 0 Å². The zero-order valence-corrected chi connectivity index (χ0v) is 7.96. The standard InChI is InChI=1S/C11H17N/c1-3-9-8-12(2)11-7-5-4-6-10(9)11/h5,7-8,10-11H,3-4,6H2,1-2H3/t10-,11+/m1/s1. The molecule has 0 bridgehead atoms. The average molecular weight is 163 g/mol. The highest BCUT2D eigenvalue weighted by molar-refractivity contribution is 5.22. The van der Waals surface area contributed by atoms with Gasteiger partial charge in [-0.2, -0.15) is 0 Å². The molecule has 0 aromatic heterocycles. The monoisotopic (exact) mass is 163 g/mol. The third kappa shape index (κ3) is 1.08. The van der Waals surface area contributed by atoms with E-state index >= 15 is 0 Å². The Morgan fingerprint density at radius 3 is 3.17 bits per heavy atom. The smallest absolute Gasteiger partial charge is 0.0530 e. The van der Waals surface area contributed by atoms with E-state index in [4.69, 9.17) is 0 Å². The van der Waals surface area contributed by atoms with Crippen LogP contribution in [0.15, 0.2) is 23.9 Å². The van der Waals surface area contributed by atoms with Gasteiger partial charge < -0.3 is 4.90 Å². The van der Waals surface area contributed by atoms with Gasteiger partial charge in [0, 0.05) is 13.0 Å². The van der Waals surface area contributed by atoms with E-state index in [1.807, 2.05) is 0 Å². The molecule has 0 spiro atoms. The van der Waals surface area contributed by atoms with E-state index < -0.39 is 0 Å². The fraction of sp³-hybridized carbons (Fsp3) is 0.636. The molecule has 66 valence electrons. The summed E-state index contributed by atoms with van der Waals surface area (Å²) in [5.41, 5.74) is 1.65. The van der Waals surface area contributed by atoms with Gasteiger partial charge in [-0.1, -0.05) is 19.1 Å². The Bertz CT molecular complexity index is 227. The number of rotatable bonds is 1. The highest BCUT2D eigenvalue weighted by Crippen LogP contribution is 2.36. The summed E-state index contributed by atoms with van der Waals surface area (Å²) >= 11 is 0. The van der Waals surface area contributed by atoms with Crippen LogP contribution in [-0.4, -0.2) is 18.0 Å². The fourth-order valence-electron chi connectivity index (χ4n) is 2.44. The molecule has 1 aliphatic heterocycles. The Labute approximate surface area is 74.8 Å². The van der Waals surface area contributed by atoms with Crippen LogP contribution in [0.2, 0.25) is 0 Å². The molecule has 0 saturated carbocycles. The summed E-state index contributed by atoms with van der Waals surface area (Å²) < 4.78 is 0. The van der Waals surface area contributed by atoms with Crippen LogP contribution < -0.4 is 0 Å². The van der Waals surface area contributed by atoms with Gasteiger partial charge in [-0.05, 0) is 31.0 Å². The van der Waals surface area contributed by atoms with Crippen molar-refractivity contribution in [2.75, 3.05) is 7.05 Å². The van der Waals surface area contributed by atoms with Crippen LogP contribution in [0.4, 0.5) is 0 Å². The van der Waals surface area contributed by atoms with E-state index in [2.05, 4.69) is 37.2 Å². The van der Waals surface area contributed by atoms with E-state index in [1.54, 1.807) is 5.57 Å². The number of likely N-dealkylation sites (N-methyl/N-ethyl adjacent to an activating group) is 1. The highest BCUT2D eigenvalue weighted by Gasteiger charge is 2.31. The molecule has 0 fully saturated rings. The van der Waals surface area contributed by atoms with Crippen molar-refractivity contribution in [2.45, 2.75) is 32.2 Å². The van der Waals surface area contributed by atoms with E-state index in [0.717, 1.165) is 5.92 Å². The van der Waals surface area contributed by atoms with E-state index in [0.29, 0.717) is 6.04 Å². The molecule has 2 atom stereocenters. The SMILES string of the molecule is CCC1=CN(C)[C@H]2C=CCC[C@H]12. The topological polar surface area (TPSA) is 3.24 Å². The summed E-state index contributed by atoms with van der Waals surface area (Å²) in [7, 11) is 2.19. The fourth-order valence-corrected chi connectivity index (χ4v) is 2.44. The molecule has 0 saturated heterocycles. The predicted octanol–water partition coefficient (Wildman–Crippen LogP) is 2.56. The Hall–Kier alpha value is -0.720. The van der Waals surface area contributed by atoms with E-state index in [9.17, 15) is 0 Å². The second-order valence-corrected chi connectivity index (χ2v) is 3.83. The first-order valence-electron chi connectivity index (χ1n) is 4.92. The normalized spacial score (nSPS) is 33.5. The Kier molecular flexibility index (Phi) is 1.95. The lowest BCUT2D eigenvalue weighted by molar-refractivity contribution is 0.328. The predicted molar refractivity (Wildman–Crippen MR) is 51.8 cm³/mol. The molecule has 1 aliphatic carbocycles. The molecule has 1 nitrogen and oxygen atoms in total. The van der Waals surface area contributed by atoms with E-state index in [1.165, 1.54) is 19.3 Å². The largest absolute Gasteiger partial charge is 0.373 e. The molecular weight excluding hydrogens is 146 g/mol. The lowest BCUT2D eigenvalue weighted by Gasteiger charge is -2.27. The Balaban J connectivity index is 2.21. The number of hydrogen-bond acceptors (Lipinski definition) is 1. The molecule has 0 unspecified atom stereocenters. The number of fused-ring (bicyclic) bond motifs is 1. The quantitative estimate of drug-likeness (QED) is 0.537. The van der Waals surface area contributed by atoms with Gasteiger partial charge in [0.1, 0.15) is 0 Å². The first-order valence-corrected chi connectivity index (χ1v) is 4.92. The van der Waals surface area contributed by atoms with Crippen molar-refractivity contribution < 1.29 is 0 Å². The van der Waals surface area contributed by atoms with Crippen molar-refractivity contribution >= 4 is 0 Å². The van der Waals surface area contributed by atoms with Gasteiger partial charge in [-0.15, -0.1) is 0 Å².